The summed E-state index contributed by atoms with van der Waals surface area (Å²) in [5.74, 6) is -0.775. The van der Waals surface area contributed by atoms with E-state index in [0.717, 1.165) is 0 Å². The number of hydrogen-bond acceptors (Lipinski definition) is 11. The standard InChI is InChI=1S/C31H34Cl2FNO11/c1-13(7-8-42-19-6-4-16(32)11-17(19)33)27-23(37)21(34)31(46-27)45-20-5-3-15(10-18(20)36)9-14(2)30(41)35-22-24(38)26(40)29-28(25(22)39)43-12-44-29/h3-7,9-11,21-29,31,36-40H,8,12H2,1-2H3,(H,35,41)/t21-,22-,23+,24+,25-,26-,27-,28+,29-,31-/m1/s1. The number of amides is 1. The molecule has 2 saturated heterocycles. The van der Waals surface area contributed by atoms with E-state index in [1.54, 1.807) is 25.1 Å². The van der Waals surface area contributed by atoms with E-state index >= 15 is 0 Å². The van der Waals surface area contributed by atoms with Crippen LogP contribution >= 0.6 is 23.2 Å². The second kappa shape index (κ2) is 14.4. The molecule has 2 aromatic carbocycles. The van der Waals surface area contributed by atoms with Gasteiger partial charge in [-0.25, -0.2) is 4.39 Å². The molecular weight excluding hydrogens is 652 g/mol. The van der Waals surface area contributed by atoms with Crippen LogP contribution in [0.4, 0.5) is 4.39 Å². The number of nitrogens with one attached hydrogen (secondary N) is 1. The van der Waals surface area contributed by atoms with Crippen LogP contribution < -0.4 is 14.8 Å². The Morgan fingerprint density at radius 1 is 1.00 bits per heavy atom. The van der Waals surface area contributed by atoms with Gasteiger partial charge in [-0.15, -0.1) is 0 Å². The number of phenolic OH excluding ortho intramolecular Hbond substituents is 1. The number of hydrogen-bond donors (Lipinski definition) is 6. The van der Waals surface area contributed by atoms with E-state index in [0.29, 0.717) is 26.9 Å². The van der Waals surface area contributed by atoms with E-state index in [2.05, 4.69) is 5.32 Å². The number of aromatic hydroxyl groups is 1. The van der Waals surface area contributed by atoms with E-state index in [1.165, 1.54) is 37.3 Å². The zero-order valence-corrected chi connectivity index (χ0v) is 26.1. The van der Waals surface area contributed by atoms with Crippen LogP contribution in [-0.4, -0.2) is 106 Å². The van der Waals surface area contributed by atoms with Crippen LogP contribution in [0.2, 0.25) is 10.0 Å². The lowest BCUT2D eigenvalue weighted by Crippen LogP contribution is -2.67. The Bertz CT molecular complexity index is 1490. The average molecular weight is 687 g/mol. The first-order valence-corrected chi connectivity index (χ1v) is 15.1. The molecule has 1 aliphatic carbocycles. The summed E-state index contributed by atoms with van der Waals surface area (Å²) in [7, 11) is 0. The van der Waals surface area contributed by atoms with Crippen molar-refractivity contribution < 1.29 is 58.4 Å². The molecule has 2 heterocycles. The van der Waals surface area contributed by atoms with Crippen LogP contribution in [0.1, 0.15) is 19.4 Å². The molecule has 5 rings (SSSR count). The van der Waals surface area contributed by atoms with Crippen molar-refractivity contribution in [1.29, 1.82) is 0 Å². The number of carbonyl (C=O) groups excluding carboxylic acids is 1. The molecule has 3 fully saturated rings. The number of alkyl halides is 1. The molecule has 0 unspecified atom stereocenters. The predicted molar refractivity (Wildman–Crippen MR) is 162 cm³/mol. The first-order chi connectivity index (χ1) is 21.8. The Labute approximate surface area is 273 Å². The van der Waals surface area contributed by atoms with Gasteiger partial charge in [0.15, 0.2) is 17.7 Å². The normalized spacial score (nSPS) is 33.1. The molecule has 0 spiro atoms. The van der Waals surface area contributed by atoms with Gasteiger partial charge in [0.1, 0.15) is 61.9 Å². The molecule has 15 heteroatoms. The Hall–Kier alpha value is -2.98. The largest absolute Gasteiger partial charge is 0.504 e. The first kappa shape index (κ1) is 34.4. The summed E-state index contributed by atoms with van der Waals surface area (Å²) < 4.78 is 42.3. The van der Waals surface area contributed by atoms with Gasteiger partial charge in [-0.3, -0.25) is 4.79 Å². The summed E-state index contributed by atoms with van der Waals surface area (Å²) in [5.41, 5.74) is 0.999. The average Bonchev–Trinajstić information content (AvgIpc) is 3.62. The molecule has 0 aromatic heterocycles. The minimum Gasteiger partial charge on any atom is -0.504 e. The number of phenols is 1. The molecule has 250 valence electrons. The third kappa shape index (κ3) is 7.28. The summed E-state index contributed by atoms with van der Waals surface area (Å²) in [4.78, 5) is 12.9. The highest BCUT2D eigenvalue weighted by Gasteiger charge is 2.53. The number of fused-ring (bicyclic) bond motifs is 1. The molecule has 1 saturated carbocycles. The molecule has 46 heavy (non-hydrogen) atoms. The molecule has 0 radical (unpaired) electrons. The van der Waals surface area contributed by atoms with Crippen molar-refractivity contribution >= 4 is 35.2 Å². The number of aliphatic hydroxyl groups is 4. The summed E-state index contributed by atoms with van der Waals surface area (Å²) >= 11 is 12.0. The van der Waals surface area contributed by atoms with Gasteiger partial charge in [-0.1, -0.05) is 29.3 Å². The summed E-state index contributed by atoms with van der Waals surface area (Å²) in [5, 5.41) is 55.7. The predicted octanol–water partition coefficient (Wildman–Crippen LogP) is 2.25. The molecule has 2 aliphatic heterocycles. The molecule has 3 aliphatic rings. The second-order valence-corrected chi connectivity index (χ2v) is 12.1. The lowest BCUT2D eigenvalue weighted by atomic mass is 9.83. The number of benzene rings is 2. The maximum Gasteiger partial charge on any atom is 0.247 e. The number of ether oxygens (including phenoxy) is 5. The van der Waals surface area contributed by atoms with E-state index in [4.69, 9.17) is 46.9 Å². The second-order valence-electron chi connectivity index (χ2n) is 11.2. The van der Waals surface area contributed by atoms with Crippen molar-refractivity contribution in [2.75, 3.05) is 13.4 Å². The molecule has 6 N–H and O–H groups in total. The quantitative estimate of drug-likeness (QED) is 0.169. The van der Waals surface area contributed by atoms with Gasteiger partial charge < -0.3 is 54.5 Å². The molecule has 2 aromatic rings. The minimum atomic E-state index is -1.94. The van der Waals surface area contributed by atoms with Gasteiger partial charge in [0, 0.05) is 10.6 Å². The van der Waals surface area contributed by atoms with Crippen molar-refractivity contribution in [2.24, 2.45) is 0 Å². The molecule has 0 bridgehead atoms. The maximum absolute atomic E-state index is 15.0. The van der Waals surface area contributed by atoms with Crippen LogP contribution in [0.3, 0.4) is 0 Å². The third-order valence-electron chi connectivity index (χ3n) is 8.03. The number of aliphatic hydroxyl groups excluding tert-OH is 4. The Kier molecular flexibility index (Phi) is 10.8. The lowest BCUT2D eigenvalue weighted by Gasteiger charge is -2.41. The number of halogens is 3. The highest BCUT2D eigenvalue weighted by atomic mass is 35.5. The topological polar surface area (TPSA) is 176 Å². The van der Waals surface area contributed by atoms with Gasteiger partial charge in [-0.05, 0) is 67.5 Å². The zero-order valence-electron chi connectivity index (χ0n) is 24.6. The Morgan fingerprint density at radius 3 is 2.39 bits per heavy atom. The fraction of sp³-hybridized carbons (Fsp3) is 0.452. The third-order valence-corrected chi connectivity index (χ3v) is 8.56. The maximum atomic E-state index is 15.0. The summed E-state index contributed by atoms with van der Waals surface area (Å²) in [6.07, 6.45) is -9.10. The monoisotopic (exact) mass is 685 g/mol. The van der Waals surface area contributed by atoms with E-state index in [-0.39, 0.29) is 30.5 Å². The fourth-order valence-corrected chi connectivity index (χ4v) is 5.92. The highest BCUT2D eigenvalue weighted by molar-refractivity contribution is 6.35. The van der Waals surface area contributed by atoms with Crippen molar-refractivity contribution in [3.8, 4) is 17.2 Å². The SMILES string of the molecule is CC(=Cc1ccc(O[C@@H]2O[C@H](C(C)=CCOc3ccc(Cl)cc3Cl)[C@@H](O)[C@H]2F)c(O)c1)C(=O)N[C@@H]1[C@H](O)[C@@H](O)[C@H]2OCO[C@H]2[C@@H]1O. The van der Waals surface area contributed by atoms with E-state index in [1.807, 2.05) is 0 Å². The van der Waals surface area contributed by atoms with Gasteiger partial charge in [0.05, 0.1) is 11.1 Å². The van der Waals surface area contributed by atoms with Gasteiger partial charge in [0.25, 0.3) is 0 Å². The lowest BCUT2D eigenvalue weighted by molar-refractivity contribution is -0.155. The summed E-state index contributed by atoms with van der Waals surface area (Å²) in [6, 6.07) is 7.64. The van der Waals surface area contributed by atoms with E-state index in [9.17, 15) is 34.7 Å². The van der Waals surface area contributed by atoms with Crippen molar-refractivity contribution in [2.45, 2.75) is 75.1 Å². The van der Waals surface area contributed by atoms with Gasteiger partial charge >= 0.3 is 0 Å². The van der Waals surface area contributed by atoms with E-state index < -0.39 is 67.1 Å². The van der Waals surface area contributed by atoms with Crippen molar-refractivity contribution in [3.63, 3.8) is 0 Å². The van der Waals surface area contributed by atoms with Crippen LogP contribution in [0.5, 0.6) is 17.2 Å². The zero-order chi connectivity index (χ0) is 33.3. The number of carbonyl (C=O) groups is 1. The fourth-order valence-electron chi connectivity index (χ4n) is 5.45. The smallest absolute Gasteiger partial charge is 0.247 e. The molecule has 10 atom stereocenters. The Balaban J connectivity index is 1.18. The minimum absolute atomic E-state index is 0.0591. The van der Waals surface area contributed by atoms with Crippen molar-refractivity contribution in [1.82, 2.24) is 5.32 Å². The molecular formula is C31H34Cl2FNO11. The summed E-state index contributed by atoms with van der Waals surface area (Å²) in [6.45, 7) is 3.01. The van der Waals surface area contributed by atoms with Gasteiger partial charge in [-0.2, -0.15) is 0 Å². The number of rotatable bonds is 9. The van der Waals surface area contributed by atoms with Crippen LogP contribution in [0, 0.1) is 0 Å². The molecule has 1 amide bonds. The Morgan fingerprint density at radius 2 is 1.70 bits per heavy atom. The highest BCUT2D eigenvalue weighted by Crippen LogP contribution is 2.35. The first-order valence-electron chi connectivity index (χ1n) is 14.3. The van der Waals surface area contributed by atoms with Crippen LogP contribution in [0.25, 0.3) is 6.08 Å². The van der Waals surface area contributed by atoms with Gasteiger partial charge in [0.2, 0.25) is 12.2 Å². The van der Waals surface area contributed by atoms with Crippen LogP contribution in [-0.2, 0) is 19.0 Å². The van der Waals surface area contributed by atoms with Crippen molar-refractivity contribution in [3.05, 3.63) is 69.2 Å². The van der Waals surface area contributed by atoms with Crippen LogP contribution in [0.15, 0.2) is 53.6 Å². The molecule has 12 nitrogen and oxygen atoms in total.